The zero-order valence-corrected chi connectivity index (χ0v) is 12.1. The van der Waals surface area contributed by atoms with Crippen molar-refractivity contribution in [2.24, 2.45) is 5.92 Å². The summed E-state index contributed by atoms with van der Waals surface area (Å²) in [6.45, 7) is 1.75. The van der Waals surface area contributed by atoms with Crippen LogP contribution in [-0.4, -0.2) is 24.6 Å². The average molecular weight is 292 g/mol. The molecular formula is C16H20O5. The van der Waals surface area contributed by atoms with Crippen molar-refractivity contribution in [1.82, 2.24) is 0 Å². The van der Waals surface area contributed by atoms with Gasteiger partial charge in [-0.3, -0.25) is 9.68 Å². The second-order valence-corrected chi connectivity index (χ2v) is 5.29. The minimum absolute atomic E-state index is 0.0466. The predicted octanol–water partition coefficient (Wildman–Crippen LogP) is 2.90. The van der Waals surface area contributed by atoms with Gasteiger partial charge in [-0.2, -0.15) is 4.89 Å². The molecule has 0 saturated heterocycles. The number of ether oxygens (including phenoxy) is 1. The van der Waals surface area contributed by atoms with Crippen LogP contribution in [0.1, 0.15) is 43.0 Å². The molecule has 2 atom stereocenters. The predicted molar refractivity (Wildman–Crippen MR) is 75.3 cm³/mol. The highest BCUT2D eigenvalue weighted by Gasteiger charge is 2.24. The van der Waals surface area contributed by atoms with Gasteiger partial charge in [0.05, 0.1) is 12.2 Å². The molecule has 2 unspecified atom stereocenters. The maximum atomic E-state index is 11.7. The van der Waals surface area contributed by atoms with Crippen molar-refractivity contribution in [3.8, 4) is 0 Å². The molecule has 5 heteroatoms. The molecule has 21 heavy (non-hydrogen) atoms. The van der Waals surface area contributed by atoms with E-state index in [2.05, 4.69) is 0 Å². The molecule has 1 saturated carbocycles. The Bertz CT molecular complexity index is 471. The van der Waals surface area contributed by atoms with E-state index in [1.165, 1.54) is 6.92 Å². The van der Waals surface area contributed by atoms with Gasteiger partial charge in [-0.15, -0.1) is 0 Å². The first-order valence-electron chi connectivity index (χ1n) is 7.21. The van der Waals surface area contributed by atoms with E-state index in [0.717, 1.165) is 25.7 Å². The average Bonchev–Trinajstić information content (AvgIpc) is 2.48. The molecule has 1 aliphatic carbocycles. The molecule has 1 aromatic carbocycles. The Hall–Kier alpha value is -1.88. The van der Waals surface area contributed by atoms with Crippen LogP contribution in [0.25, 0.3) is 0 Å². The second kappa shape index (κ2) is 7.78. The van der Waals surface area contributed by atoms with Crippen molar-refractivity contribution in [2.45, 2.75) is 38.7 Å². The van der Waals surface area contributed by atoms with E-state index in [1.807, 2.05) is 6.07 Å². The summed E-state index contributed by atoms with van der Waals surface area (Å²) in [5.41, 5.74) is 0.457. The lowest BCUT2D eigenvalue weighted by molar-refractivity contribution is -0.251. The summed E-state index contributed by atoms with van der Waals surface area (Å²) in [7, 11) is 0. The van der Waals surface area contributed by atoms with E-state index in [1.54, 1.807) is 24.3 Å². The van der Waals surface area contributed by atoms with Gasteiger partial charge in [-0.05, 0) is 43.7 Å². The van der Waals surface area contributed by atoms with Crippen LogP contribution in [0.3, 0.4) is 0 Å². The van der Waals surface area contributed by atoms with E-state index >= 15 is 0 Å². The van der Waals surface area contributed by atoms with E-state index in [9.17, 15) is 9.59 Å². The van der Waals surface area contributed by atoms with Gasteiger partial charge < -0.3 is 4.74 Å². The lowest BCUT2D eigenvalue weighted by Crippen LogP contribution is -2.27. The molecule has 0 aliphatic heterocycles. The number of hydrogen-bond acceptors (Lipinski definition) is 5. The summed E-state index contributed by atoms with van der Waals surface area (Å²) in [5.74, 6) is -0.508. The summed E-state index contributed by atoms with van der Waals surface area (Å²) in [6.07, 6.45) is 3.57. The van der Waals surface area contributed by atoms with Crippen LogP contribution in [0.2, 0.25) is 0 Å². The molecule has 114 valence electrons. The van der Waals surface area contributed by atoms with Crippen molar-refractivity contribution >= 4 is 11.9 Å². The number of carbonyl (C=O) groups excluding carboxylic acids is 2. The lowest BCUT2D eigenvalue weighted by atomic mass is 9.88. The van der Waals surface area contributed by atoms with Crippen molar-refractivity contribution in [1.29, 1.82) is 0 Å². The summed E-state index contributed by atoms with van der Waals surface area (Å²) in [4.78, 5) is 32.5. The first kappa shape index (κ1) is 15.5. The van der Waals surface area contributed by atoms with Gasteiger partial charge in [0.2, 0.25) is 0 Å². The molecule has 2 rings (SSSR count). The van der Waals surface area contributed by atoms with Crippen LogP contribution in [0.4, 0.5) is 0 Å². The number of benzene rings is 1. The third kappa shape index (κ3) is 5.19. The largest absolute Gasteiger partial charge is 0.463 e. The Labute approximate surface area is 124 Å². The summed E-state index contributed by atoms with van der Waals surface area (Å²) in [5, 5.41) is 0. The van der Waals surface area contributed by atoms with Crippen molar-refractivity contribution < 1.29 is 24.1 Å². The molecular weight excluding hydrogens is 272 g/mol. The van der Waals surface area contributed by atoms with Gasteiger partial charge in [0.25, 0.3) is 0 Å². The third-order valence-electron chi connectivity index (χ3n) is 3.52. The monoisotopic (exact) mass is 292 g/mol. The molecule has 0 N–H and O–H groups in total. The van der Waals surface area contributed by atoms with Gasteiger partial charge in [-0.25, -0.2) is 4.79 Å². The smallest absolute Gasteiger partial charge is 0.373 e. The molecule has 0 radical (unpaired) electrons. The Morgan fingerprint density at radius 1 is 1.19 bits per heavy atom. The lowest BCUT2D eigenvalue weighted by Gasteiger charge is -2.27. The van der Waals surface area contributed by atoms with Gasteiger partial charge in [0.15, 0.2) is 0 Å². The molecule has 0 heterocycles. The first-order chi connectivity index (χ1) is 10.1. The van der Waals surface area contributed by atoms with E-state index < -0.39 is 5.97 Å². The fraction of sp³-hybridized carbons (Fsp3) is 0.500. The fourth-order valence-corrected chi connectivity index (χ4v) is 2.54. The minimum Gasteiger partial charge on any atom is -0.463 e. The van der Waals surface area contributed by atoms with Gasteiger partial charge in [0.1, 0.15) is 6.10 Å². The SMILES string of the molecule is CC(=O)OC1CCCC(COOC(=O)c2ccccc2)C1. The number of carbonyl (C=O) groups is 2. The maximum Gasteiger partial charge on any atom is 0.373 e. The van der Waals surface area contributed by atoms with Gasteiger partial charge >= 0.3 is 11.9 Å². The fourth-order valence-electron chi connectivity index (χ4n) is 2.54. The number of hydrogen-bond donors (Lipinski definition) is 0. The van der Waals surface area contributed by atoms with Crippen LogP contribution in [0.5, 0.6) is 0 Å². The van der Waals surface area contributed by atoms with Gasteiger partial charge in [-0.1, -0.05) is 18.2 Å². The number of rotatable bonds is 5. The van der Waals surface area contributed by atoms with Crippen molar-refractivity contribution in [3.63, 3.8) is 0 Å². The zero-order valence-electron chi connectivity index (χ0n) is 12.1. The van der Waals surface area contributed by atoms with Crippen LogP contribution in [-0.2, 0) is 19.3 Å². The molecule has 0 aromatic heterocycles. The summed E-state index contributed by atoms with van der Waals surface area (Å²) in [6, 6.07) is 8.70. The standard InChI is InChI=1S/C16H20O5/c1-12(17)20-15-9-5-6-13(10-15)11-19-21-16(18)14-7-3-2-4-8-14/h2-4,7-8,13,15H,5-6,9-11H2,1H3. The Morgan fingerprint density at radius 2 is 1.95 bits per heavy atom. The highest BCUT2D eigenvalue weighted by atomic mass is 17.2. The molecule has 1 fully saturated rings. The van der Waals surface area contributed by atoms with E-state index in [4.69, 9.17) is 14.5 Å². The van der Waals surface area contributed by atoms with E-state index in [0.29, 0.717) is 12.2 Å². The van der Waals surface area contributed by atoms with Crippen LogP contribution in [0, 0.1) is 5.92 Å². The van der Waals surface area contributed by atoms with Crippen molar-refractivity contribution in [2.75, 3.05) is 6.61 Å². The highest BCUT2D eigenvalue weighted by Crippen LogP contribution is 2.26. The summed E-state index contributed by atoms with van der Waals surface area (Å²) >= 11 is 0. The molecule has 0 bridgehead atoms. The molecule has 5 nitrogen and oxygen atoms in total. The Kier molecular flexibility index (Phi) is 5.75. The first-order valence-corrected chi connectivity index (χ1v) is 7.21. The second-order valence-electron chi connectivity index (χ2n) is 5.29. The van der Waals surface area contributed by atoms with E-state index in [-0.39, 0.29) is 18.0 Å². The minimum atomic E-state index is -0.497. The Balaban J connectivity index is 1.71. The Morgan fingerprint density at radius 3 is 2.67 bits per heavy atom. The number of esters is 1. The van der Waals surface area contributed by atoms with Crippen LogP contribution >= 0.6 is 0 Å². The summed E-state index contributed by atoms with van der Waals surface area (Å²) < 4.78 is 5.22. The van der Waals surface area contributed by atoms with Crippen LogP contribution < -0.4 is 0 Å². The molecule has 0 spiro atoms. The van der Waals surface area contributed by atoms with Crippen LogP contribution in [0.15, 0.2) is 30.3 Å². The van der Waals surface area contributed by atoms with Gasteiger partial charge in [0, 0.05) is 6.92 Å². The highest BCUT2D eigenvalue weighted by molar-refractivity contribution is 5.88. The molecule has 0 amide bonds. The van der Waals surface area contributed by atoms with Crippen molar-refractivity contribution in [3.05, 3.63) is 35.9 Å². The molecule has 1 aliphatic rings. The topological polar surface area (TPSA) is 61.8 Å². The quantitative estimate of drug-likeness (QED) is 0.474. The normalized spacial score (nSPS) is 21.6. The maximum absolute atomic E-state index is 11.7. The zero-order chi connectivity index (χ0) is 15.1. The molecule has 1 aromatic rings. The third-order valence-corrected chi connectivity index (χ3v) is 3.52.